The van der Waals surface area contributed by atoms with Gasteiger partial charge >= 0.3 is 0 Å². The van der Waals surface area contributed by atoms with Gasteiger partial charge in [0.2, 0.25) is 0 Å². The van der Waals surface area contributed by atoms with Crippen molar-refractivity contribution in [2.45, 2.75) is 0 Å². The number of para-hydroxylation sites is 1. The maximum atomic E-state index is 13.5. The summed E-state index contributed by atoms with van der Waals surface area (Å²) in [6.45, 7) is 0. The molecular formula is C13H9ClF2N2O. The summed E-state index contributed by atoms with van der Waals surface area (Å²) >= 11 is 5.76. The van der Waals surface area contributed by atoms with Gasteiger partial charge in [-0.3, -0.25) is 4.79 Å². The molecular weight excluding hydrogens is 274 g/mol. The Morgan fingerprint density at radius 3 is 2.53 bits per heavy atom. The third-order valence-corrected chi connectivity index (χ3v) is 2.75. The van der Waals surface area contributed by atoms with Gasteiger partial charge in [-0.25, -0.2) is 8.78 Å². The van der Waals surface area contributed by atoms with E-state index in [1.54, 1.807) is 0 Å². The summed E-state index contributed by atoms with van der Waals surface area (Å²) in [6.07, 6.45) is 0. The predicted molar refractivity (Wildman–Crippen MR) is 70.2 cm³/mol. The Morgan fingerprint density at radius 2 is 1.89 bits per heavy atom. The van der Waals surface area contributed by atoms with E-state index in [0.717, 1.165) is 12.1 Å². The molecule has 98 valence electrons. The SMILES string of the molecule is Nc1ccc(C(=O)Nc2c(F)cccc2Cl)c(F)c1. The second-order valence-electron chi connectivity index (χ2n) is 3.79. The molecule has 0 aliphatic heterocycles. The number of hydrogen-bond acceptors (Lipinski definition) is 2. The molecule has 0 heterocycles. The lowest BCUT2D eigenvalue weighted by Gasteiger charge is -2.09. The molecule has 3 nitrogen and oxygen atoms in total. The summed E-state index contributed by atoms with van der Waals surface area (Å²) < 4.78 is 27.0. The van der Waals surface area contributed by atoms with Gasteiger partial charge in [-0.1, -0.05) is 17.7 Å². The van der Waals surface area contributed by atoms with Gasteiger partial charge in [0, 0.05) is 5.69 Å². The fraction of sp³-hybridized carbons (Fsp3) is 0. The number of benzene rings is 2. The summed E-state index contributed by atoms with van der Waals surface area (Å²) in [5, 5.41) is 2.26. The molecule has 0 spiro atoms. The molecule has 0 unspecified atom stereocenters. The Labute approximate surface area is 113 Å². The van der Waals surface area contributed by atoms with Crippen LogP contribution in [0.3, 0.4) is 0 Å². The van der Waals surface area contributed by atoms with Crippen LogP contribution in [0, 0.1) is 11.6 Å². The number of carbonyl (C=O) groups is 1. The monoisotopic (exact) mass is 282 g/mol. The second-order valence-corrected chi connectivity index (χ2v) is 4.20. The number of halogens is 3. The highest BCUT2D eigenvalue weighted by atomic mass is 35.5. The molecule has 6 heteroatoms. The summed E-state index contributed by atoms with van der Waals surface area (Å²) in [5.41, 5.74) is 5.14. The van der Waals surface area contributed by atoms with E-state index in [2.05, 4.69) is 5.32 Å². The smallest absolute Gasteiger partial charge is 0.258 e. The summed E-state index contributed by atoms with van der Waals surface area (Å²) in [6, 6.07) is 7.56. The van der Waals surface area contributed by atoms with Gasteiger partial charge in [0.25, 0.3) is 5.91 Å². The summed E-state index contributed by atoms with van der Waals surface area (Å²) in [7, 11) is 0. The molecule has 0 aliphatic carbocycles. The van der Waals surface area contributed by atoms with Gasteiger partial charge in [0.15, 0.2) is 0 Å². The standard InChI is InChI=1S/C13H9ClF2N2O/c14-9-2-1-3-10(15)12(9)18-13(19)8-5-4-7(17)6-11(8)16/h1-6H,17H2,(H,18,19). The van der Waals surface area contributed by atoms with Crippen LogP contribution in [0.2, 0.25) is 5.02 Å². The van der Waals surface area contributed by atoms with Crippen LogP contribution in [0.15, 0.2) is 36.4 Å². The quantitative estimate of drug-likeness (QED) is 0.829. The molecule has 0 fully saturated rings. The molecule has 0 saturated carbocycles. The van der Waals surface area contributed by atoms with Gasteiger partial charge in [-0.2, -0.15) is 0 Å². The van der Waals surface area contributed by atoms with Crippen LogP contribution in [0.25, 0.3) is 0 Å². The minimum absolute atomic E-state index is 0.0317. The molecule has 0 radical (unpaired) electrons. The van der Waals surface area contributed by atoms with Gasteiger partial charge in [-0.05, 0) is 30.3 Å². The van der Waals surface area contributed by atoms with Crippen molar-refractivity contribution in [1.82, 2.24) is 0 Å². The lowest BCUT2D eigenvalue weighted by Crippen LogP contribution is -2.15. The van der Waals surface area contributed by atoms with Crippen molar-refractivity contribution in [3.05, 3.63) is 58.6 Å². The van der Waals surface area contributed by atoms with Crippen molar-refractivity contribution < 1.29 is 13.6 Å². The van der Waals surface area contributed by atoms with E-state index >= 15 is 0 Å². The van der Waals surface area contributed by atoms with Crippen LogP contribution in [0.5, 0.6) is 0 Å². The number of carbonyl (C=O) groups excluding carboxylic acids is 1. The number of hydrogen-bond donors (Lipinski definition) is 2. The average molecular weight is 283 g/mol. The van der Waals surface area contributed by atoms with E-state index in [4.69, 9.17) is 17.3 Å². The van der Waals surface area contributed by atoms with E-state index in [1.807, 2.05) is 0 Å². The van der Waals surface area contributed by atoms with Crippen molar-refractivity contribution in [1.29, 1.82) is 0 Å². The largest absolute Gasteiger partial charge is 0.399 e. The minimum atomic E-state index is -0.801. The van der Waals surface area contributed by atoms with Crippen LogP contribution < -0.4 is 11.1 Å². The molecule has 0 saturated heterocycles. The number of nitrogens with two attached hydrogens (primary N) is 1. The predicted octanol–water partition coefficient (Wildman–Crippen LogP) is 3.45. The zero-order chi connectivity index (χ0) is 14.0. The average Bonchev–Trinajstić information content (AvgIpc) is 2.33. The zero-order valence-corrected chi connectivity index (χ0v) is 10.3. The highest BCUT2D eigenvalue weighted by Crippen LogP contribution is 2.25. The highest BCUT2D eigenvalue weighted by Gasteiger charge is 2.15. The lowest BCUT2D eigenvalue weighted by molar-refractivity contribution is 0.102. The van der Waals surface area contributed by atoms with Crippen molar-refractivity contribution in [2.24, 2.45) is 0 Å². The van der Waals surface area contributed by atoms with Gasteiger partial charge in [-0.15, -0.1) is 0 Å². The van der Waals surface area contributed by atoms with Gasteiger partial charge < -0.3 is 11.1 Å². The Bertz CT molecular complexity index is 626. The van der Waals surface area contributed by atoms with Crippen LogP contribution in [-0.2, 0) is 0 Å². The fourth-order valence-electron chi connectivity index (χ4n) is 1.51. The maximum absolute atomic E-state index is 13.5. The van der Waals surface area contributed by atoms with Crippen molar-refractivity contribution >= 4 is 28.9 Å². The van der Waals surface area contributed by atoms with E-state index in [9.17, 15) is 13.6 Å². The molecule has 3 N–H and O–H groups in total. The highest BCUT2D eigenvalue weighted by molar-refractivity contribution is 6.34. The number of nitrogen functional groups attached to an aromatic ring is 1. The van der Waals surface area contributed by atoms with E-state index in [-0.39, 0.29) is 22.0 Å². The third kappa shape index (κ3) is 2.82. The molecule has 2 aromatic carbocycles. The fourth-order valence-corrected chi connectivity index (χ4v) is 1.72. The molecule has 0 aromatic heterocycles. The number of anilines is 2. The number of rotatable bonds is 2. The lowest BCUT2D eigenvalue weighted by atomic mass is 10.1. The van der Waals surface area contributed by atoms with E-state index < -0.39 is 17.5 Å². The molecule has 19 heavy (non-hydrogen) atoms. The Kier molecular flexibility index (Phi) is 3.66. The zero-order valence-electron chi connectivity index (χ0n) is 9.58. The van der Waals surface area contributed by atoms with E-state index in [1.165, 1.54) is 24.3 Å². The molecule has 2 rings (SSSR count). The normalized spacial score (nSPS) is 10.3. The topological polar surface area (TPSA) is 55.1 Å². The first-order valence-corrected chi connectivity index (χ1v) is 5.67. The minimum Gasteiger partial charge on any atom is -0.399 e. The third-order valence-electron chi connectivity index (χ3n) is 2.44. The van der Waals surface area contributed by atoms with Crippen LogP contribution in [0.4, 0.5) is 20.2 Å². The van der Waals surface area contributed by atoms with Crippen molar-refractivity contribution in [3.8, 4) is 0 Å². The van der Waals surface area contributed by atoms with E-state index in [0.29, 0.717) is 0 Å². The summed E-state index contributed by atoms with van der Waals surface area (Å²) in [4.78, 5) is 11.8. The second kappa shape index (κ2) is 5.24. The molecule has 1 amide bonds. The van der Waals surface area contributed by atoms with Crippen LogP contribution in [-0.4, -0.2) is 5.91 Å². The Balaban J connectivity index is 2.31. The van der Waals surface area contributed by atoms with Crippen LogP contribution in [0.1, 0.15) is 10.4 Å². The summed E-state index contributed by atoms with van der Waals surface area (Å²) in [5.74, 6) is -2.29. The van der Waals surface area contributed by atoms with Crippen molar-refractivity contribution in [3.63, 3.8) is 0 Å². The van der Waals surface area contributed by atoms with Gasteiger partial charge in [0.05, 0.1) is 16.3 Å². The first-order valence-electron chi connectivity index (χ1n) is 5.29. The van der Waals surface area contributed by atoms with Gasteiger partial charge in [0.1, 0.15) is 11.6 Å². The number of amides is 1. The number of nitrogens with one attached hydrogen (secondary N) is 1. The Hall–Kier alpha value is -2.14. The molecule has 2 aromatic rings. The molecule has 0 aliphatic rings. The van der Waals surface area contributed by atoms with Crippen LogP contribution >= 0.6 is 11.6 Å². The Morgan fingerprint density at radius 1 is 1.16 bits per heavy atom. The first kappa shape index (κ1) is 13.3. The molecule has 0 atom stereocenters. The first-order chi connectivity index (χ1) is 8.99. The molecule has 0 bridgehead atoms. The maximum Gasteiger partial charge on any atom is 0.258 e. The van der Waals surface area contributed by atoms with Crippen molar-refractivity contribution in [2.75, 3.05) is 11.1 Å².